The van der Waals surface area contributed by atoms with E-state index in [9.17, 15) is 9.90 Å². The zero-order chi connectivity index (χ0) is 20.6. The Labute approximate surface area is 168 Å². The summed E-state index contributed by atoms with van der Waals surface area (Å²) in [5.41, 5.74) is 3.23. The van der Waals surface area contributed by atoms with Gasteiger partial charge in [-0.3, -0.25) is 9.78 Å². The van der Waals surface area contributed by atoms with Gasteiger partial charge < -0.3 is 24.6 Å². The van der Waals surface area contributed by atoms with Crippen molar-refractivity contribution < 1.29 is 19.2 Å². The lowest BCUT2D eigenvalue weighted by atomic mass is 9.95. The first-order chi connectivity index (χ1) is 13.8. The second kappa shape index (κ2) is 7.36. The molecule has 8 nitrogen and oxygen atoms in total. The quantitative estimate of drug-likeness (QED) is 0.795. The number of nitrogens with one attached hydrogen (secondary N) is 1. The second-order valence-corrected chi connectivity index (χ2v) is 7.78. The SMILES string of the molecule is Cc1ccc(-c2noc(C)c2COC2=CC=C(C(=O)N3CC(C)(O)C3)CN2)cn1. The van der Waals surface area contributed by atoms with Gasteiger partial charge in [0, 0.05) is 29.6 Å². The third kappa shape index (κ3) is 4.02. The molecule has 152 valence electrons. The summed E-state index contributed by atoms with van der Waals surface area (Å²) in [5.74, 6) is 1.20. The number of ether oxygens (including phenoxy) is 1. The number of hydrogen-bond donors (Lipinski definition) is 2. The van der Waals surface area contributed by atoms with Crippen LogP contribution in [0, 0.1) is 13.8 Å². The summed E-state index contributed by atoms with van der Waals surface area (Å²) in [6.07, 6.45) is 5.26. The van der Waals surface area contributed by atoms with Gasteiger partial charge in [0.15, 0.2) is 5.88 Å². The highest BCUT2D eigenvalue weighted by molar-refractivity contribution is 5.95. The first-order valence-electron chi connectivity index (χ1n) is 9.50. The van der Waals surface area contributed by atoms with E-state index < -0.39 is 5.60 Å². The fourth-order valence-electron chi connectivity index (χ4n) is 3.39. The molecular weight excluding hydrogens is 372 g/mol. The summed E-state index contributed by atoms with van der Waals surface area (Å²) in [7, 11) is 0. The number of aromatic nitrogens is 2. The first-order valence-corrected chi connectivity index (χ1v) is 9.50. The third-order valence-corrected chi connectivity index (χ3v) is 5.06. The zero-order valence-electron chi connectivity index (χ0n) is 16.7. The fourth-order valence-corrected chi connectivity index (χ4v) is 3.39. The van der Waals surface area contributed by atoms with Gasteiger partial charge in [-0.05, 0) is 45.1 Å². The van der Waals surface area contributed by atoms with Crippen LogP contribution in [0.5, 0.6) is 0 Å². The molecular formula is C21H24N4O4. The van der Waals surface area contributed by atoms with Crippen molar-refractivity contribution in [3.8, 4) is 11.3 Å². The normalized spacial score (nSPS) is 17.7. The number of carbonyl (C=O) groups is 1. The molecule has 0 aliphatic carbocycles. The number of rotatable bonds is 5. The number of dihydropyridines is 1. The molecule has 8 heteroatoms. The fraction of sp³-hybridized carbons (Fsp3) is 0.381. The van der Waals surface area contributed by atoms with Gasteiger partial charge in [0.05, 0.1) is 24.3 Å². The van der Waals surface area contributed by atoms with Gasteiger partial charge in [-0.2, -0.15) is 0 Å². The lowest BCUT2D eigenvalue weighted by Gasteiger charge is -2.44. The highest BCUT2D eigenvalue weighted by atomic mass is 16.5. The van der Waals surface area contributed by atoms with Crippen LogP contribution >= 0.6 is 0 Å². The molecule has 0 spiro atoms. The summed E-state index contributed by atoms with van der Waals surface area (Å²) in [5, 5.41) is 17.1. The smallest absolute Gasteiger partial charge is 0.251 e. The Morgan fingerprint density at radius 3 is 2.76 bits per heavy atom. The van der Waals surface area contributed by atoms with E-state index in [1.807, 2.05) is 26.0 Å². The molecule has 2 aromatic heterocycles. The van der Waals surface area contributed by atoms with E-state index >= 15 is 0 Å². The van der Waals surface area contributed by atoms with E-state index in [4.69, 9.17) is 9.26 Å². The van der Waals surface area contributed by atoms with Crippen molar-refractivity contribution in [2.75, 3.05) is 19.6 Å². The average Bonchev–Trinajstić information content (AvgIpc) is 3.05. The minimum Gasteiger partial charge on any atom is -0.474 e. The van der Waals surface area contributed by atoms with E-state index in [1.54, 1.807) is 30.2 Å². The average molecular weight is 396 g/mol. The Hall–Kier alpha value is -3.13. The molecule has 1 amide bonds. The van der Waals surface area contributed by atoms with E-state index in [-0.39, 0.29) is 12.5 Å². The molecule has 1 fully saturated rings. The van der Waals surface area contributed by atoms with Crippen LogP contribution in [0.2, 0.25) is 0 Å². The summed E-state index contributed by atoms with van der Waals surface area (Å²) < 4.78 is 11.2. The van der Waals surface area contributed by atoms with Crippen LogP contribution in [-0.2, 0) is 16.1 Å². The van der Waals surface area contributed by atoms with Crippen LogP contribution in [0.25, 0.3) is 11.3 Å². The molecule has 2 aliphatic heterocycles. The van der Waals surface area contributed by atoms with Crippen LogP contribution in [0.3, 0.4) is 0 Å². The van der Waals surface area contributed by atoms with Gasteiger partial charge in [-0.25, -0.2) is 0 Å². The van der Waals surface area contributed by atoms with Gasteiger partial charge in [-0.15, -0.1) is 0 Å². The number of aryl methyl sites for hydroxylation is 2. The molecule has 1 saturated heterocycles. The molecule has 2 aliphatic rings. The Bertz CT molecular complexity index is 981. The Kier molecular flexibility index (Phi) is 4.87. The molecule has 0 aromatic carbocycles. The summed E-state index contributed by atoms with van der Waals surface area (Å²) >= 11 is 0. The number of likely N-dealkylation sites (tertiary alicyclic amines) is 1. The van der Waals surface area contributed by atoms with Gasteiger partial charge in [0.25, 0.3) is 5.91 Å². The summed E-state index contributed by atoms with van der Waals surface area (Å²) in [4.78, 5) is 18.3. The number of aliphatic hydroxyl groups is 1. The van der Waals surface area contributed by atoms with Crippen LogP contribution in [0.15, 0.2) is 46.5 Å². The number of β-amino-alcohol motifs (C(OH)–C–C–N with tert-alkyl or cyclic N) is 1. The van der Waals surface area contributed by atoms with Gasteiger partial charge in [0.1, 0.15) is 18.1 Å². The lowest BCUT2D eigenvalue weighted by Crippen LogP contribution is -2.62. The van der Waals surface area contributed by atoms with E-state index in [0.29, 0.717) is 42.5 Å². The van der Waals surface area contributed by atoms with Crippen molar-refractivity contribution in [3.05, 3.63) is 59.0 Å². The molecule has 0 bridgehead atoms. The van der Waals surface area contributed by atoms with Gasteiger partial charge >= 0.3 is 0 Å². The highest BCUT2D eigenvalue weighted by Gasteiger charge is 2.40. The topological polar surface area (TPSA) is 101 Å². The highest BCUT2D eigenvalue weighted by Crippen LogP contribution is 2.26. The number of carbonyl (C=O) groups excluding carboxylic acids is 1. The monoisotopic (exact) mass is 396 g/mol. The van der Waals surface area contributed by atoms with Crippen molar-refractivity contribution in [1.82, 2.24) is 20.4 Å². The van der Waals surface area contributed by atoms with Crippen LogP contribution in [0.4, 0.5) is 0 Å². The maximum absolute atomic E-state index is 12.4. The Morgan fingerprint density at radius 2 is 2.14 bits per heavy atom. The van der Waals surface area contributed by atoms with Crippen LogP contribution < -0.4 is 5.32 Å². The minimum atomic E-state index is -0.774. The maximum Gasteiger partial charge on any atom is 0.251 e. The lowest BCUT2D eigenvalue weighted by molar-refractivity contribution is -0.148. The molecule has 4 rings (SSSR count). The molecule has 0 saturated carbocycles. The molecule has 2 N–H and O–H groups in total. The molecule has 0 atom stereocenters. The molecule has 0 radical (unpaired) electrons. The van der Waals surface area contributed by atoms with Crippen molar-refractivity contribution >= 4 is 5.91 Å². The van der Waals surface area contributed by atoms with Crippen molar-refractivity contribution in [3.63, 3.8) is 0 Å². The predicted octanol–water partition coefficient (Wildman–Crippen LogP) is 1.83. The molecule has 2 aromatic rings. The Morgan fingerprint density at radius 1 is 1.34 bits per heavy atom. The van der Waals surface area contributed by atoms with E-state index in [2.05, 4.69) is 15.5 Å². The van der Waals surface area contributed by atoms with Crippen LogP contribution in [0.1, 0.15) is 23.9 Å². The molecule has 29 heavy (non-hydrogen) atoms. The summed E-state index contributed by atoms with van der Waals surface area (Å²) in [6.45, 7) is 6.88. The number of nitrogens with zero attached hydrogens (tertiary/aromatic N) is 3. The Balaban J connectivity index is 1.41. The third-order valence-electron chi connectivity index (χ3n) is 5.06. The largest absolute Gasteiger partial charge is 0.474 e. The van der Waals surface area contributed by atoms with E-state index in [0.717, 1.165) is 16.8 Å². The molecule has 0 unspecified atom stereocenters. The van der Waals surface area contributed by atoms with Gasteiger partial charge in [-0.1, -0.05) is 5.16 Å². The van der Waals surface area contributed by atoms with Crippen LogP contribution in [-0.4, -0.2) is 51.3 Å². The maximum atomic E-state index is 12.4. The standard InChI is InChI=1S/C21H24N4O4/c1-13-4-5-15(8-22-13)19-17(14(2)29-24-19)10-28-18-7-6-16(9-23-18)20(26)25-11-21(3,27)12-25/h4-8,23,27H,9-12H2,1-3H3. The van der Waals surface area contributed by atoms with E-state index in [1.165, 1.54) is 0 Å². The van der Waals surface area contributed by atoms with Gasteiger partial charge in [0.2, 0.25) is 0 Å². The van der Waals surface area contributed by atoms with Crippen molar-refractivity contribution in [2.45, 2.75) is 33.0 Å². The first kappa shape index (κ1) is 19.2. The zero-order valence-corrected chi connectivity index (χ0v) is 16.7. The van der Waals surface area contributed by atoms with Crippen molar-refractivity contribution in [2.24, 2.45) is 0 Å². The number of hydrogen-bond acceptors (Lipinski definition) is 7. The number of pyridine rings is 1. The predicted molar refractivity (Wildman–Crippen MR) is 105 cm³/mol. The summed E-state index contributed by atoms with van der Waals surface area (Å²) in [6, 6.07) is 3.88. The molecule has 4 heterocycles. The minimum absolute atomic E-state index is 0.0663. The number of amides is 1. The van der Waals surface area contributed by atoms with Crippen molar-refractivity contribution in [1.29, 1.82) is 0 Å². The second-order valence-electron chi connectivity index (χ2n) is 7.78. The number of allylic oxidation sites excluding steroid dienone is 2.